The summed E-state index contributed by atoms with van der Waals surface area (Å²) in [5, 5.41) is 14.4. The van der Waals surface area contributed by atoms with Gasteiger partial charge < -0.3 is 10.1 Å². The molecule has 0 aliphatic heterocycles. The zero-order chi connectivity index (χ0) is 25.9. The predicted molar refractivity (Wildman–Crippen MR) is 146 cm³/mol. The fourth-order valence-corrected chi connectivity index (χ4v) is 4.70. The molecule has 184 valence electrons. The molecule has 2 heterocycles. The van der Waals surface area contributed by atoms with E-state index in [9.17, 15) is 10.1 Å². The smallest absolute Gasteiger partial charge is 0.263 e. The second-order valence-corrected chi connectivity index (χ2v) is 8.98. The van der Waals surface area contributed by atoms with E-state index in [1.165, 1.54) is 6.20 Å². The Morgan fingerprint density at radius 1 is 1.16 bits per heavy atom. The van der Waals surface area contributed by atoms with Gasteiger partial charge in [0.2, 0.25) is 0 Å². The number of ether oxygens (including phenoxy) is 1. The molecule has 0 bridgehead atoms. The van der Waals surface area contributed by atoms with Crippen LogP contribution in [0.15, 0.2) is 77.8 Å². The first kappa shape index (κ1) is 24.0. The van der Waals surface area contributed by atoms with Crippen LogP contribution >= 0.6 is 0 Å². The third-order valence-corrected chi connectivity index (χ3v) is 6.52. The lowest BCUT2D eigenvalue weighted by atomic mass is 9.97. The van der Waals surface area contributed by atoms with Crippen molar-refractivity contribution < 1.29 is 4.74 Å². The second-order valence-electron chi connectivity index (χ2n) is 8.98. The fourth-order valence-electron chi connectivity index (χ4n) is 4.70. The lowest BCUT2D eigenvalue weighted by Gasteiger charge is -2.23. The molecule has 7 nitrogen and oxygen atoms in total. The number of benzene rings is 2. The number of aromatic nitrogens is 3. The topological polar surface area (TPSA) is 92.8 Å². The molecule has 2 aromatic carbocycles. The molecule has 2 aromatic heterocycles. The molecule has 5 rings (SSSR count). The average Bonchev–Trinajstić information content (AvgIpc) is 2.93. The maximum Gasteiger partial charge on any atom is 0.263 e. The van der Waals surface area contributed by atoms with Crippen LogP contribution in [0, 0.1) is 18.3 Å². The number of nitrogens with zero attached hydrogens (tertiary/aromatic N) is 4. The second kappa shape index (κ2) is 10.1. The zero-order valence-electron chi connectivity index (χ0n) is 21.0. The van der Waals surface area contributed by atoms with Crippen molar-refractivity contribution in [2.24, 2.45) is 0 Å². The molecule has 0 amide bonds. The van der Waals surface area contributed by atoms with Gasteiger partial charge in [0.1, 0.15) is 29.0 Å². The molecule has 0 radical (unpaired) electrons. The molecule has 0 fully saturated rings. The number of rotatable bonds is 6. The number of hydrogen-bond acceptors (Lipinski definition) is 6. The van der Waals surface area contributed by atoms with Crippen LogP contribution in [0.2, 0.25) is 0 Å². The molecule has 1 aliphatic carbocycles. The van der Waals surface area contributed by atoms with E-state index in [4.69, 9.17) is 4.74 Å². The summed E-state index contributed by atoms with van der Waals surface area (Å²) in [4.78, 5) is 22.8. The Balaban J connectivity index is 1.73. The van der Waals surface area contributed by atoms with Gasteiger partial charge in [0, 0.05) is 11.4 Å². The van der Waals surface area contributed by atoms with Crippen molar-refractivity contribution >= 4 is 22.3 Å². The number of allylic oxidation sites excluding steroid dienone is 4. The Hall–Kier alpha value is -4.70. The quantitative estimate of drug-likeness (QED) is 0.356. The average molecular weight is 490 g/mol. The van der Waals surface area contributed by atoms with E-state index < -0.39 is 0 Å². The van der Waals surface area contributed by atoms with Gasteiger partial charge >= 0.3 is 0 Å². The van der Waals surface area contributed by atoms with Gasteiger partial charge in [-0.05, 0) is 67.5 Å². The Morgan fingerprint density at radius 3 is 2.76 bits per heavy atom. The van der Waals surface area contributed by atoms with Crippen LogP contribution in [-0.2, 0) is 0 Å². The minimum absolute atomic E-state index is 0.100. The highest BCUT2D eigenvalue weighted by Gasteiger charge is 2.21. The molecular weight excluding hydrogens is 462 g/mol. The lowest BCUT2D eigenvalue weighted by Crippen LogP contribution is -2.27. The number of fused-ring (bicyclic) bond motifs is 1. The number of aryl methyl sites for hydroxylation is 1. The molecule has 0 saturated heterocycles. The van der Waals surface area contributed by atoms with Crippen LogP contribution in [0.4, 0.5) is 5.82 Å². The van der Waals surface area contributed by atoms with Gasteiger partial charge in [-0.15, -0.1) is 0 Å². The summed E-state index contributed by atoms with van der Waals surface area (Å²) < 4.78 is 7.21. The van der Waals surface area contributed by atoms with Crippen molar-refractivity contribution in [2.45, 2.75) is 32.7 Å². The van der Waals surface area contributed by atoms with Gasteiger partial charge in [0.15, 0.2) is 0 Å². The lowest BCUT2D eigenvalue weighted by molar-refractivity contribution is 0.415. The number of nitrogens with one attached hydrogen (secondary N) is 1. The highest BCUT2D eigenvalue weighted by atomic mass is 16.5. The normalized spacial score (nSPS) is 13.6. The van der Waals surface area contributed by atoms with Gasteiger partial charge in [-0.25, -0.2) is 9.97 Å². The van der Waals surface area contributed by atoms with E-state index in [2.05, 4.69) is 33.5 Å². The van der Waals surface area contributed by atoms with E-state index in [0.29, 0.717) is 22.6 Å². The van der Waals surface area contributed by atoms with Crippen LogP contribution in [0.3, 0.4) is 0 Å². The zero-order valence-corrected chi connectivity index (χ0v) is 21.0. The maximum absolute atomic E-state index is 14.3. The van der Waals surface area contributed by atoms with Crippen LogP contribution in [-0.4, -0.2) is 21.6 Å². The molecule has 37 heavy (non-hydrogen) atoms. The number of pyridine rings is 1. The molecule has 1 aliphatic rings. The molecule has 0 spiro atoms. The van der Waals surface area contributed by atoms with Crippen LogP contribution in [0.1, 0.15) is 42.9 Å². The third kappa shape index (κ3) is 4.62. The third-order valence-electron chi connectivity index (χ3n) is 6.52. The van der Waals surface area contributed by atoms with Crippen molar-refractivity contribution in [3.63, 3.8) is 0 Å². The summed E-state index contributed by atoms with van der Waals surface area (Å²) in [7, 11) is 1.63. The van der Waals surface area contributed by atoms with Gasteiger partial charge in [0.05, 0.1) is 24.7 Å². The molecular formula is C30H27N5O2. The van der Waals surface area contributed by atoms with E-state index in [-0.39, 0.29) is 11.6 Å². The van der Waals surface area contributed by atoms with Crippen molar-refractivity contribution in [3.05, 3.63) is 100 Å². The van der Waals surface area contributed by atoms with E-state index in [1.807, 2.05) is 61.5 Å². The van der Waals surface area contributed by atoms with Crippen LogP contribution in [0.25, 0.3) is 27.6 Å². The monoisotopic (exact) mass is 489 g/mol. The summed E-state index contributed by atoms with van der Waals surface area (Å²) in [6, 6.07) is 17.5. The summed E-state index contributed by atoms with van der Waals surface area (Å²) in [5.41, 5.74) is 3.62. The van der Waals surface area contributed by atoms with Crippen molar-refractivity contribution in [3.8, 4) is 22.9 Å². The number of methoxy groups -OCH3 is 1. The van der Waals surface area contributed by atoms with Gasteiger partial charge in [-0.1, -0.05) is 42.5 Å². The van der Waals surface area contributed by atoms with E-state index >= 15 is 0 Å². The van der Waals surface area contributed by atoms with Gasteiger partial charge in [-0.2, -0.15) is 5.26 Å². The van der Waals surface area contributed by atoms with E-state index in [0.717, 1.165) is 46.5 Å². The summed E-state index contributed by atoms with van der Waals surface area (Å²) in [6.07, 6.45) is 9.49. The van der Waals surface area contributed by atoms with Gasteiger partial charge in [-0.3, -0.25) is 9.36 Å². The van der Waals surface area contributed by atoms with Crippen molar-refractivity contribution in [1.29, 1.82) is 5.26 Å². The SMILES string of the molecule is COc1cccc(-c2cccc3cc([C@H](C)Nc4nc(C)ncc4C#N)n(C4=CCCC=C4)c(=O)c23)c1. The highest BCUT2D eigenvalue weighted by Crippen LogP contribution is 2.32. The first-order chi connectivity index (χ1) is 18.0. The largest absolute Gasteiger partial charge is 0.497 e. The van der Waals surface area contributed by atoms with Crippen molar-refractivity contribution in [1.82, 2.24) is 14.5 Å². The van der Waals surface area contributed by atoms with Crippen LogP contribution in [0.5, 0.6) is 5.75 Å². The van der Waals surface area contributed by atoms with Crippen LogP contribution < -0.4 is 15.6 Å². The molecule has 1 atom stereocenters. The van der Waals surface area contributed by atoms with E-state index in [1.54, 1.807) is 18.6 Å². The number of nitriles is 1. The Labute approximate surface area is 215 Å². The molecule has 0 saturated carbocycles. The Morgan fingerprint density at radius 2 is 2.00 bits per heavy atom. The van der Waals surface area contributed by atoms with Crippen molar-refractivity contribution in [2.75, 3.05) is 12.4 Å². The fraction of sp³-hybridized carbons (Fsp3) is 0.200. The maximum atomic E-state index is 14.3. The Kier molecular flexibility index (Phi) is 6.57. The molecule has 4 aromatic rings. The molecule has 1 N–H and O–H groups in total. The molecule has 0 unspecified atom stereocenters. The summed E-state index contributed by atoms with van der Waals surface area (Å²) in [5.74, 6) is 1.74. The summed E-state index contributed by atoms with van der Waals surface area (Å²) in [6.45, 7) is 3.75. The van der Waals surface area contributed by atoms with Gasteiger partial charge in [0.25, 0.3) is 5.56 Å². The molecule has 7 heteroatoms. The predicted octanol–water partition coefficient (Wildman–Crippen LogP) is 6.01. The first-order valence-corrected chi connectivity index (χ1v) is 12.2. The standard InChI is InChI=1S/C30H27N5O2/c1-19(33-29-23(17-31)18-32-20(2)34-29)27-16-22-10-8-14-26(21-9-7-13-25(15-21)37-3)28(22)30(36)35(27)24-11-5-4-6-12-24/h5,7-16,18-19H,4,6H2,1-3H3,(H,32,33,34)/t19-/m0/s1. The highest BCUT2D eigenvalue weighted by molar-refractivity contribution is 5.97. The summed E-state index contributed by atoms with van der Waals surface area (Å²) >= 11 is 0. The Bertz CT molecular complexity index is 1660. The minimum Gasteiger partial charge on any atom is -0.497 e. The number of anilines is 1. The minimum atomic E-state index is -0.324. The number of hydrogen-bond donors (Lipinski definition) is 1. The first-order valence-electron chi connectivity index (χ1n) is 12.2.